The fourth-order valence-corrected chi connectivity index (χ4v) is 5.84. The quantitative estimate of drug-likeness (QED) is 0.520. The van der Waals surface area contributed by atoms with Crippen molar-refractivity contribution < 1.29 is 9.47 Å². The maximum atomic E-state index is 5.45. The summed E-state index contributed by atoms with van der Waals surface area (Å²) in [7, 11) is 3.29. The first-order chi connectivity index (χ1) is 17.0. The number of ether oxygens (including phenoxy) is 2. The van der Waals surface area contributed by atoms with Crippen LogP contribution in [0.3, 0.4) is 0 Å². The van der Waals surface area contributed by atoms with Crippen molar-refractivity contribution in [2.75, 3.05) is 46.9 Å². The van der Waals surface area contributed by atoms with Crippen LogP contribution in [-0.2, 0) is 0 Å². The van der Waals surface area contributed by atoms with Crippen molar-refractivity contribution in [3.05, 3.63) is 36.0 Å². The predicted molar refractivity (Wildman–Crippen MR) is 140 cm³/mol. The lowest BCUT2D eigenvalue weighted by Gasteiger charge is -2.42. The smallest absolute Gasteiger partial charge is 0.178 e. The molecule has 7 heteroatoms. The summed E-state index contributed by atoms with van der Waals surface area (Å²) in [5.41, 5.74) is 4.03. The molecule has 0 bridgehead atoms. The second-order valence-electron chi connectivity index (χ2n) is 10.5. The molecule has 2 aliphatic heterocycles. The maximum Gasteiger partial charge on any atom is 0.178 e. The van der Waals surface area contributed by atoms with Crippen molar-refractivity contribution in [2.45, 2.75) is 51.5 Å². The molecule has 0 unspecified atom stereocenters. The highest BCUT2D eigenvalue weighted by molar-refractivity contribution is 5.77. The first-order valence-corrected chi connectivity index (χ1v) is 13.1. The molecule has 0 amide bonds. The van der Waals surface area contributed by atoms with Gasteiger partial charge in [0.15, 0.2) is 17.1 Å². The summed E-state index contributed by atoms with van der Waals surface area (Å²) in [5, 5.41) is 0. The molecule has 1 aromatic carbocycles. The van der Waals surface area contributed by atoms with Crippen LogP contribution >= 0.6 is 0 Å². The normalized spacial score (nSPS) is 19.0. The Bertz CT molecular complexity index is 1130. The van der Waals surface area contributed by atoms with Gasteiger partial charge in [-0.2, -0.15) is 0 Å². The van der Waals surface area contributed by atoms with Gasteiger partial charge in [0.25, 0.3) is 0 Å². The van der Waals surface area contributed by atoms with E-state index in [0.717, 1.165) is 34.5 Å². The van der Waals surface area contributed by atoms with Crippen molar-refractivity contribution in [3.63, 3.8) is 0 Å². The van der Waals surface area contributed by atoms with Gasteiger partial charge in [-0.25, -0.2) is 9.97 Å². The van der Waals surface area contributed by atoms with Gasteiger partial charge in [0.1, 0.15) is 5.82 Å². The third-order valence-electron chi connectivity index (χ3n) is 7.71. The zero-order chi connectivity index (χ0) is 24.4. The van der Waals surface area contributed by atoms with E-state index in [1.807, 2.05) is 24.4 Å². The molecular formula is C28H39N5O2. The zero-order valence-electron chi connectivity index (χ0n) is 21.6. The third-order valence-corrected chi connectivity index (χ3v) is 7.71. The number of aromatic amines is 1. The molecule has 5 rings (SSSR count). The number of imidazole rings is 1. The van der Waals surface area contributed by atoms with Gasteiger partial charge in [0.05, 0.1) is 19.7 Å². The number of hydrogen-bond acceptors (Lipinski definition) is 6. The fraction of sp³-hybridized carbons (Fsp3) is 0.571. The average Bonchev–Trinajstić information content (AvgIpc) is 3.32. The lowest BCUT2D eigenvalue weighted by atomic mass is 9.88. The van der Waals surface area contributed by atoms with Gasteiger partial charge >= 0.3 is 0 Å². The molecule has 35 heavy (non-hydrogen) atoms. The number of likely N-dealkylation sites (tertiary alicyclic amines) is 2. The number of piperidine rings is 2. The summed E-state index contributed by atoms with van der Waals surface area (Å²) in [6.07, 6.45) is 7.08. The lowest BCUT2D eigenvalue weighted by Crippen LogP contribution is -2.48. The van der Waals surface area contributed by atoms with Crippen LogP contribution in [0.25, 0.3) is 22.6 Å². The lowest BCUT2D eigenvalue weighted by molar-refractivity contribution is 0.0828. The highest BCUT2D eigenvalue weighted by Gasteiger charge is 2.29. The summed E-state index contributed by atoms with van der Waals surface area (Å²) in [4.78, 5) is 18.3. The molecule has 0 spiro atoms. The Morgan fingerprint density at radius 1 is 0.971 bits per heavy atom. The number of methoxy groups -OCH3 is 2. The van der Waals surface area contributed by atoms with Crippen LogP contribution in [0.2, 0.25) is 0 Å². The van der Waals surface area contributed by atoms with Crippen LogP contribution in [0, 0.1) is 5.92 Å². The van der Waals surface area contributed by atoms with Crippen molar-refractivity contribution >= 4 is 11.2 Å². The topological polar surface area (TPSA) is 66.5 Å². The van der Waals surface area contributed by atoms with Crippen LogP contribution in [0.5, 0.6) is 11.5 Å². The van der Waals surface area contributed by atoms with Crippen molar-refractivity contribution in [2.24, 2.45) is 5.92 Å². The van der Waals surface area contributed by atoms with Crippen LogP contribution in [0.4, 0.5) is 0 Å². The molecule has 2 fully saturated rings. The second kappa shape index (κ2) is 10.5. The Kier molecular flexibility index (Phi) is 7.25. The molecule has 2 aliphatic rings. The average molecular weight is 478 g/mol. The Balaban J connectivity index is 1.22. The van der Waals surface area contributed by atoms with Gasteiger partial charge in [-0.15, -0.1) is 0 Å². The summed E-state index contributed by atoms with van der Waals surface area (Å²) in [6.45, 7) is 10.8. The van der Waals surface area contributed by atoms with Crippen molar-refractivity contribution in [3.8, 4) is 22.9 Å². The van der Waals surface area contributed by atoms with Crippen molar-refractivity contribution in [1.82, 2.24) is 24.8 Å². The molecule has 2 saturated heterocycles. The Labute approximate surface area is 208 Å². The molecular weight excluding hydrogens is 438 g/mol. The summed E-state index contributed by atoms with van der Waals surface area (Å²) < 4.78 is 10.8. The molecule has 188 valence electrons. The number of benzene rings is 1. The minimum atomic E-state index is 0.567. The summed E-state index contributed by atoms with van der Waals surface area (Å²) in [5.74, 6) is 3.52. The first-order valence-electron chi connectivity index (χ1n) is 13.1. The SMILES string of the molecule is COc1ccc(-c2nc3ncc(C4CCN(C5CCN(CC(C)C)CC5)CC4)cc3[nH]2)cc1OC. The van der Waals surface area contributed by atoms with Gasteiger partial charge in [-0.05, 0) is 93.5 Å². The summed E-state index contributed by atoms with van der Waals surface area (Å²) >= 11 is 0. The number of fused-ring (bicyclic) bond motifs is 1. The van der Waals surface area contributed by atoms with Gasteiger partial charge in [0.2, 0.25) is 0 Å². The number of aromatic nitrogens is 3. The van der Waals surface area contributed by atoms with Gasteiger partial charge in [0, 0.05) is 24.3 Å². The molecule has 4 heterocycles. The molecule has 0 atom stereocenters. The van der Waals surface area contributed by atoms with E-state index in [4.69, 9.17) is 19.4 Å². The molecule has 0 saturated carbocycles. The number of hydrogen-bond donors (Lipinski definition) is 1. The van der Waals surface area contributed by atoms with Crippen LogP contribution in [-0.4, -0.2) is 77.7 Å². The second-order valence-corrected chi connectivity index (χ2v) is 10.5. The van der Waals surface area contributed by atoms with Gasteiger partial charge in [-0.3, -0.25) is 0 Å². The van der Waals surface area contributed by atoms with Crippen LogP contribution in [0.15, 0.2) is 30.5 Å². The van der Waals surface area contributed by atoms with Crippen molar-refractivity contribution in [1.29, 1.82) is 0 Å². The largest absolute Gasteiger partial charge is 0.493 e. The molecule has 1 N–H and O–H groups in total. The van der Waals surface area contributed by atoms with E-state index in [1.165, 1.54) is 64.0 Å². The predicted octanol–water partition coefficient (Wildman–Crippen LogP) is 4.94. The minimum absolute atomic E-state index is 0.567. The van der Waals surface area contributed by atoms with Gasteiger partial charge in [-0.1, -0.05) is 13.8 Å². The number of nitrogens with zero attached hydrogens (tertiary/aromatic N) is 4. The Morgan fingerprint density at radius 3 is 2.40 bits per heavy atom. The third kappa shape index (κ3) is 5.31. The zero-order valence-corrected chi connectivity index (χ0v) is 21.6. The summed E-state index contributed by atoms with van der Waals surface area (Å²) in [6, 6.07) is 8.85. The maximum absolute atomic E-state index is 5.45. The molecule has 0 aliphatic carbocycles. The van der Waals surface area contributed by atoms with E-state index in [9.17, 15) is 0 Å². The minimum Gasteiger partial charge on any atom is -0.493 e. The molecule has 3 aromatic rings. The highest BCUT2D eigenvalue weighted by Crippen LogP contribution is 2.34. The first kappa shape index (κ1) is 24.1. The van der Waals surface area contributed by atoms with Crippen LogP contribution in [0.1, 0.15) is 51.0 Å². The highest BCUT2D eigenvalue weighted by atomic mass is 16.5. The van der Waals surface area contributed by atoms with E-state index in [0.29, 0.717) is 17.4 Å². The molecule has 0 radical (unpaired) electrons. The standard InChI is InChI=1S/C28H39N5O2/c1-19(2)18-32-11-9-23(10-12-32)33-13-7-20(8-14-33)22-15-24-28(29-17-22)31-27(30-24)21-5-6-25(34-3)26(16-21)35-4/h5-6,15-17,19-20,23H,7-14,18H2,1-4H3,(H,29,30,31). The fourth-order valence-electron chi connectivity index (χ4n) is 5.84. The number of pyridine rings is 1. The van der Waals surface area contributed by atoms with E-state index >= 15 is 0 Å². The van der Waals surface area contributed by atoms with E-state index in [1.54, 1.807) is 14.2 Å². The number of nitrogens with one attached hydrogen (secondary N) is 1. The Morgan fingerprint density at radius 2 is 1.71 bits per heavy atom. The van der Waals surface area contributed by atoms with E-state index < -0.39 is 0 Å². The number of H-pyrrole nitrogens is 1. The Hall–Kier alpha value is -2.64. The van der Waals surface area contributed by atoms with E-state index in [-0.39, 0.29) is 0 Å². The van der Waals surface area contributed by atoms with Gasteiger partial charge < -0.3 is 24.3 Å². The molecule has 2 aromatic heterocycles. The number of rotatable bonds is 7. The van der Waals surface area contributed by atoms with Crippen LogP contribution < -0.4 is 9.47 Å². The van der Waals surface area contributed by atoms with E-state index in [2.05, 4.69) is 34.7 Å². The monoisotopic (exact) mass is 477 g/mol. The molecule has 7 nitrogen and oxygen atoms in total.